The molecule has 2 aromatic rings. The Kier molecular flexibility index (Phi) is 3.56. The van der Waals surface area contributed by atoms with Crippen molar-refractivity contribution in [1.29, 1.82) is 0 Å². The molecule has 0 radical (unpaired) electrons. The van der Waals surface area contributed by atoms with E-state index in [0.717, 1.165) is 0 Å². The van der Waals surface area contributed by atoms with Crippen molar-refractivity contribution in [2.45, 2.75) is 0 Å². The molecule has 0 aliphatic rings. The van der Waals surface area contributed by atoms with Crippen LogP contribution in [0.3, 0.4) is 0 Å². The van der Waals surface area contributed by atoms with Crippen LogP contribution in [0.1, 0.15) is 10.4 Å². The molecule has 0 unspecified atom stereocenters. The van der Waals surface area contributed by atoms with Crippen LogP contribution >= 0.6 is 0 Å². The molecule has 19 heavy (non-hydrogen) atoms. The number of carbonyl (C=O) groups is 1. The number of carboxylic acids is 1. The van der Waals surface area contributed by atoms with Crippen molar-refractivity contribution < 1.29 is 19.4 Å². The summed E-state index contributed by atoms with van der Waals surface area (Å²) in [6, 6.07) is 12.0. The quantitative estimate of drug-likeness (QED) is 0.825. The zero-order valence-electron chi connectivity index (χ0n) is 10.3. The largest absolute Gasteiger partial charge is 0.494 e. The first-order valence-corrected chi connectivity index (χ1v) is 5.55. The minimum atomic E-state index is -1.13. The van der Waals surface area contributed by atoms with E-state index in [4.69, 9.17) is 20.3 Å². The topological polar surface area (TPSA) is 81.8 Å². The van der Waals surface area contributed by atoms with Gasteiger partial charge in [-0.15, -0.1) is 0 Å². The predicted octanol–water partition coefficient (Wildman–Crippen LogP) is 2.77. The number of nitrogens with two attached hydrogens (primary N) is 1. The van der Waals surface area contributed by atoms with Crippen molar-refractivity contribution in [3.63, 3.8) is 0 Å². The third kappa shape index (κ3) is 2.77. The fourth-order valence-electron chi connectivity index (χ4n) is 1.63. The van der Waals surface area contributed by atoms with E-state index in [1.54, 1.807) is 18.2 Å². The van der Waals surface area contributed by atoms with Crippen LogP contribution in [0.2, 0.25) is 0 Å². The second kappa shape index (κ2) is 5.30. The highest BCUT2D eigenvalue weighted by molar-refractivity contribution is 5.95. The Hall–Kier alpha value is -2.69. The van der Waals surface area contributed by atoms with Gasteiger partial charge in [0.25, 0.3) is 0 Å². The van der Waals surface area contributed by atoms with Gasteiger partial charge >= 0.3 is 5.97 Å². The molecule has 0 saturated heterocycles. The van der Waals surface area contributed by atoms with E-state index in [9.17, 15) is 4.79 Å². The van der Waals surface area contributed by atoms with Crippen molar-refractivity contribution in [1.82, 2.24) is 0 Å². The number of nitrogen functional groups attached to an aromatic ring is 1. The fourth-order valence-corrected chi connectivity index (χ4v) is 1.63. The number of rotatable bonds is 4. The highest BCUT2D eigenvalue weighted by Gasteiger charge is 2.15. The monoisotopic (exact) mass is 259 g/mol. The van der Waals surface area contributed by atoms with Crippen LogP contribution in [0, 0.1) is 0 Å². The summed E-state index contributed by atoms with van der Waals surface area (Å²) in [6.45, 7) is 0. The van der Waals surface area contributed by atoms with Crippen LogP contribution in [-0.2, 0) is 0 Å². The molecule has 0 aromatic heterocycles. The maximum atomic E-state index is 11.1. The van der Waals surface area contributed by atoms with Gasteiger partial charge in [0.05, 0.1) is 18.4 Å². The SMILES string of the molecule is COc1cc(Oc2ccccc2)cc(C(=O)O)c1N. The van der Waals surface area contributed by atoms with Crippen molar-refractivity contribution >= 4 is 11.7 Å². The third-order valence-corrected chi connectivity index (χ3v) is 2.54. The van der Waals surface area contributed by atoms with Crippen molar-refractivity contribution in [2.24, 2.45) is 0 Å². The van der Waals surface area contributed by atoms with E-state index in [1.165, 1.54) is 13.2 Å². The van der Waals surface area contributed by atoms with Crippen LogP contribution in [0.4, 0.5) is 5.69 Å². The number of carboxylic acid groups (broad SMARTS) is 1. The van der Waals surface area contributed by atoms with Gasteiger partial charge in [0.2, 0.25) is 0 Å². The fraction of sp³-hybridized carbons (Fsp3) is 0.0714. The lowest BCUT2D eigenvalue weighted by atomic mass is 10.1. The summed E-state index contributed by atoms with van der Waals surface area (Å²) in [5, 5.41) is 9.09. The average Bonchev–Trinajstić information content (AvgIpc) is 2.41. The average molecular weight is 259 g/mol. The molecule has 0 aliphatic heterocycles. The second-order valence-electron chi connectivity index (χ2n) is 3.81. The molecule has 0 heterocycles. The zero-order chi connectivity index (χ0) is 13.8. The van der Waals surface area contributed by atoms with E-state index in [1.807, 2.05) is 18.2 Å². The Morgan fingerprint density at radius 2 is 1.84 bits per heavy atom. The highest BCUT2D eigenvalue weighted by atomic mass is 16.5. The number of aromatic carboxylic acids is 1. The van der Waals surface area contributed by atoms with Gasteiger partial charge in [-0.2, -0.15) is 0 Å². The van der Waals surface area contributed by atoms with Gasteiger partial charge in [0, 0.05) is 6.07 Å². The maximum Gasteiger partial charge on any atom is 0.338 e. The lowest BCUT2D eigenvalue weighted by Crippen LogP contribution is -2.05. The molecule has 0 fully saturated rings. The van der Waals surface area contributed by atoms with Gasteiger partial charge in [-0.1, -0.05) is 18.2 Å². The Bertz CT molecular complexity index is 596. The number of benzene rings is 2. The summed E-state index contributed by atoms with van der Waals surface area (Å²) in [7, 11) is 1.42. The molecule has 3 N–H and O–H groups in total. The summed E-state index contributed by atoms with van der Waals surface area (Å²) in [5.41, 5.74) is 5.72. The predicted molar refractivity (Wildman–Crippen MR) is 70.9 cm³/mol. The van der Waals surface area contributed by atoms with Crippen molar-refractivity contribution in [3.8, 4) is 17.2 Å². The lowest BCUT2D eigenvalue weighted by molar-refractivity contribution is 0.0697. The number of hydrogen-bond acceptors (Lipinski definition) is 4. The molecule has 0 atom stereocenters. The first-order chi connectivity index (χ1) is 9.11. The number of ether oxygens (including phenoxy) is 2. The second-order valence-corrected chi connectivity index (χ2v) is 3.81. The van der Waals surface area contributed by atoms with E-state index in [-0.39, 0.29) is 17.0 Å². The van der Waals surface area contributed by atoms with Crippen LogP contribution < -0.4 is 15.2 Å². The molecule has 0 aliphatic carbocycles. The highest BCUT2D eigenvalue weighted by Crippen LogP contribution is 2.33. The van der Waals surface area contributed by atoms with Crippen LogP contribution in [0.25, 0.3) is 0 Å². The molecule has 0 amide bonds. The third-order valence-electron chi connectivity index (χ3n) is 2.54. The van der Waals surface area contributed by atoms with Gasteiger partial charge < -0.3 is 20.3 Å². The summed E-state index contributed by atoms with van der Waals surface area (Å²) in [4.78, 5) is 11.1. The van der Waals surface area contributed by atoms with E-state index >= 15 is 0 Å². The van der Waals surface area contributed by atoms with Crippen LogP contribution in [0.15, 0.2) is 42.5 Å². The smallest absolute Gasteiger partial charge is 0.338 e. The lowest BCUT2D eigenvalue weighted by Gasteiger charge is -2.11. The van der Waals surface area contributed by atoms with E-state index in [0.29, 0.717) is 11.5 Å². The zero-order valence-corrected chi connectivity index (χ0v) is 10.3. The summed E-state index contributed by atoms with van der Waals surface area (Å²) >= 11 is 0. The number of para-hydroxylation sites is 1. The number of methoxy groups -OCH3 is 1. The molecule has 2 aromatic carbocycles. The van der Waals surface area contributed by atoms with E-state index in [2.05, 4.69) is 0 Å². The Morgan fingerprint density at radius 1 is 1.16 bits per heavy atom. The molecule has 0 saturated carbocycles. The standard InChI is InChI=1S/C14H13NO4/c1-18-12-8-10(7-11(13(12)15)14(16)17)19-9-5-3-2-4-6-9/h2-8H,15H2,1H3,(H,16,17). The Morgan fingerprint density at radius 3 is 2.42 bits per heavy atom. The van der Waals surface area contributed by atoms with E-state index < -0.39 is 5.97 Å². The van der Waals surface area contributed by atoms with Crippen LogP contribution in [-0.4, -0.2) is 18.2 Å². The molecular formula is C14H13NO4. The van der Waals surface area contributed by atoms with Crippen molar-refractivity contribution in [3.05, 3.63) is 48.0 Å². The molecule has 2 rings (SSSR count). The van der Waals surface area contributed by atoms with Crippen molar-refractivity contribution in [2.75, 3.05) is 12.8 Å². The van der Waals surface area contributed by atoms with Gasteiger partial charge in [0.1, 0.15) is 17.2 Å². The van der Waals surface area contributed by atoms with Gasteiger partial charge in [-0.3, -0.25) is 0 Å². The van der Waals surface area contributed by atoms with Gasteiger partial charge in [0.15, 0.2) is 0 Å². The molecule has 0 bridgehead atoms. The summed E-state index contributed by atoms with van der Waals surface area (Å²) in [5.74, 6) is 0.0976. The molecule has 5 heteroatoms. The number of anilines is 1. The van der Waals surface area contributed by atoms with Crippen LogP contribution in [0.5, 0.6) is 17.2 Å². The summed E-state index contributed by atoms with van der Waals surface area (Å²) in [6.07, 6.45) is 0. The maximum absolute atomic E-state index is 11.1. The number of hydrogen-bond donors (Lipinski definition) is 2. The molecular weight excluding hydrogens is 246 g/mol. The normalized spacial score (nSPS) is 9.95. The first kappa shape index (κ1) is 12.8. The molecule has 98 valence electrons. The first-order valence-electron chi connectivity index (χ1n) is 5.55. The summed E-state index contributed by atoms with van der Waals surface area (Å²) < 4.78 is 10.6. The molecule has 0 spiro atoms. The molecule has 5 nitrogen and oxygen atoms in total. The minimum Gasteiger partial charge on any atom is -0.494 e. The minimum absolute atomic E-state index is 0.0507. The Balaban J connectivity index is 2.41. The van der Waals surface area contributed by atoms with Gasteiger partial charge in [-0.05, 0) is 18.2 Å². The Labute approximate surface area is 110 Å². The van der Waals surface area contributed by atoms with Gasteiger partial charge in [-0.25, -0.2) is 4.79 Å².